The number of benzene rings is 1. The Kier molecular flexibility index (Phi) is 7.26. The summed E-state index contributed by atoms with van der Waals surface area (Å²) in [7, 11) is 0. The lowest BCUT2D eigenvalue weighted by molar-refractivity contribution is -0.133. The second-order valence-corrected chi connectivity index (χ2v) is 7.09. The van der Waals surface area contributed by atoms with E-state index in [9.17, 15) is 9.59 Å². The lowest BCUT2D eigenvalue weighted by Crippen LogP contribution is -2.15. The summed E-state index contributed by atoms with van der Waals surface area (Å²) < 4.78 is 1.92. The van der Waals surface area contributed by atoms with Crippen molar-refractivity contribution in [2.45, 2.75) is 45.4 Å². The number of aromatic nitrogens is 2. The van der Waals surface area contributed by atoms with Crippen molar-refractivity contribution in [3.05, 3.63) is 47.3 Å². The first kappa shape index (κ1) is 20.0. The van der Waals surface area contributed by atoms with Crippen LogP contribution in [0.15, 0.2) is 30.5 Å². The van der Waals surface area contributed by atoms with Crippen LogP contribution in [0.4, 0.5) is 5.69 Å². The second kappa shape index (κ2) is 9.43. The number of nitrogens with zero attached hydrogens (tertiary/aromatic N) is 2. The molecule has 7 heteroatoms. The molecule has 2 rings (SSSR count). The molecule has 2 N–H and O–H groups in total. The largest absolute Gasteiger partial charge is 0.481 e. The third-order valence-corrected chi connectivity index (χ3v) is 5.25. The highest BCUT2D eigenvalue weighted by Crippen LogP contribution is 2.21. The Bertz CT molecular complexity index is 769. The topological polar surface area (TPSA) is 84.2 Å². The molecule has 0 bridgehead atoms. The Morgan fingerprint density at radius 3 is 2.69 bits per heavy atom. The number of hydrogen-bond donors (Lipinski definition) is 2. The van der Waals surface area contributed by atoms with Crippen LogP contribution in [-0.2, 0) is 10.5 Å². The highest BCUT2D eigenvalue weighted by Gasteiger charge is 2.18. The molecule has 0 aliphatic carbocycles. The molecule has 0 aliphatic rings. The van der Waals surface area contributed by atoms with Crippen LogP contribution >= 0.6 is 11.8 Å². The number of anilines is 1. The van der Waals surface area contributed by atoms with Gasteiger partial charge in [-0.25, -0.2) is 0 Å². The molecule has 1 amide bonds. The molecule has 26 heavy (non-hydrogen) atoms. The molecule has 6 nitrogen and oxygen atoms in total. The smallest absolute Gasteiger partial charge is 0.313 e. The van der Waals surface area contributed by atoms with Gasteiger partial charge < -0.3 is 10.4 Å². The zero-order valence-corrected chi connectivity index (χ0v) is 16.2. The average Bonchev–Trinajstić information content (AvgIpc) is 2.98. The Balaban J connectivity index is 2.07. The average molecular weight is 375 g/mol. The summed E-state index contributed by atoms with van der Waals surface area (Å²) in [6.07, 6.45) is 3.56. The maximum Gasteiger partial charge on any atom is 0.313 e. The van der Waals surface area contributed by atoms with Crippen LogP contribution in [-0.4, -0.2) is 32.5 Å². The maximum atomic E-state index is 12.6. The van der Waals surface area contributed by atoms with Gasteiger partial charge in [0, 0.05) is 17.1 Å². The van der Waals surface area contributed by atoms with E-state index in [0.29, 0.717) is 23.0 Å². The molecule has 0 radical (unpaired) electrons. The molecule has 1 aromatic heterocycles. The summed E-state index contributed by atoms with van der Waals surface area (Å²) in [5, 5.41) is 16.0. The number of rotatable bonds is 9. The molecule has 0 saturated carbocycles. The van der Waals surface area contributed by atoms with Gasteiger partial charge >= 0.3 is 5.97 Å². The highest BCUT2D eigenvalue weighted by molar-refractivity contribution is 7.99. The summed E-state index contributed by atoms with van der Waals surface area (Å²) in [5.41, 5.74) is 3.10. The Labute approximate surface area is 158 Å². The second-order valence-electron chi connectivity index (χ2n) is 6.10. The van der Waals surface area contributed by atoms with Crippen molar-refractivity contribution < 1.29 is 14.7 Å². The first-order chi connectivity index (χ1) is 12.5. The van der Waals surface area contributed by atoms with Crippen molar-refractivity contribution in [1.82, 2.24) is 9.78 Å². The first-order valence-electron chi connectivity index (χ1n) is 8.70. The van der Waals surface area contributed by atoms with Crippen molar-refractivity contribution in [3.8, 4) is 0 Å². The minimum atomic E-state index is -0.829. The van der Waals surface area contributed by atoms with Crippen molar-refractivity contribution in [1.29, 1.82) is 0 Å². The number of carboxylic acid groups (broad SMARTS) is 1. The monoisotopic (exact) mass is 375 g/mol. The fourth-order valence-electron chi connectivity index (χ4n) is 2.84. The molecule has 1 heterocycles. The molecule has 0 fully saturated rings. The molecular formula is C19H25N3O3S. The predicted octanol–water partition coefficient (Wildman–Crippen LogP) is 4.12. The van der Waals surface area contributed by atoms with E-state index in [1.54, 1.807) is 6.20 Å². The van der Waals surface area contributed by atoms with Crippen LogP contribution in [0.2, 0.25) is 0 Å². The Hall–Kier alpha value is -2.28. The molecule has 0 unspecified atom stereocenters. The number of thioether (sulfide) groups is 1. The zero-order valence-electron chi connectivity index (χ0n) is 15.4. The summed E-state index contributed by atoms with van der Waals surface area (Å²) >= 11 is 1.33. The number of nitrogens with one attached hydrogen (secondary N) is 1. The van der Waals surface area contributed by atoms with Crippen molar-refractivity contribution in [2.75, 3.05) is 11.1 Å². The lowest BCUT2D eigenvalue weighted by Gasteiger charge is -2.15. The van der Waals surface area contributed by atoms with E-state index >= 15 is 0 Å². The standard InChI is InChI=1S/C19H25N3O3S/c1-4-16(5-2)22-13(3)17(10-20-22)19(25)21-15-8-6-7-14(9-15)11-26-12-18(23)24/h6-10,16H,4-5,11-12H2,1-3H3,(H,21,25)(H,23,24). The fourth-order valence-corrected chi connectivity index (χ4v) is 3.53. The lowest BCUT2D eigenvalue weighted by atomic mass is 10.1. The molecular weight excluding hydrogens is 350 g/mol. The number of carbonyl (C=O) groups is 2. The number of carbonyl (C=O) groups excluding carboxylic acids is 1. The normalized spacial score (nSPS) is 10.9. The van der Waals surface area contributed by atoms with Gasteiger partial charge in [0.15, 0.2) is 0 Å². The van der Waals surface area contributed by atoms with Crippen LogP contribution in [0.25, 0.3) is 0 Å². The number of hydrogen-bond acceptors (Lipinski definition) is 4. The Morgan fingerprint density at radius 2 is 2.04 bits per heavy atom. The summed E-state index contributed by atoms with van der Waals surface area (Å²) in [6.45, 7) is 6.14. The van der Waals surface area contributed by atoms with Gasteiger partial charge in [0.1, 0.15) is 0 Å². The molecule has 0 saturated heterocycles. The third-order valence-electron chi connectivity index (χ3n) is 4.26. The SMILES string of the molecule is CCC(CC)n1ncc(C(=O)Nc2cccc(CSCC(=O)O)c2)c1C. The van der Waals surface area contributed by atoms with E-state index in [2.05, 4.69) is 24.3 Å². The van der Waals surface area contributed by atoms with Gasteiger partial charge in [0.25, 0.3) is 5.91 Å². The first-order valence-corrected chi connectivity index (χ1v) is 9.85. The van der Waals surface area contributed by atoms with Crippen LogP contribution in [0.1, 0.15) is 54.3 Å². The van der Waals surface area contributed by atoms with E-state index in [0.717, 1.165) is 24.1 Å². The Morgan fingerprint density at radius 1 is 1.31 bits per heavy atom. The molecule has 1 aromatic carbocycles. The summed E-state index contributed by atoms with van der Waals surface area (Å²) in [4.78, 5) is 23.2. The highest BCUT2D eigenvalue weighted by atomic mass is 32.2. The van der Waals surface area contributed by atoms with Crippen molar-refractivity contribution in [2.24, 2.45) is 0 Å². The van der Waals surface area contributed by atoms with E-state index in [-0.39, 0.29) is 11.7 Å². The van der Waals surface area contributed by atoms with E-state index < -0.39 is 5.97 Å². The summed E-state index contributed by atoms with van der Waals surface area (Å²) in [5.74, 6) is -0.369. The van der Waals surface area contributed by atoms with E-state index in [4.69, 9.17) is 5.11 Å². The fraction of sp³-hybridized carbons (Fsp3) is 0.421. The van der Waals surface area contributed by atoms with E-state index in [1.807, 2.05) is 35.9 Å². The van der Waals surface area contributed by atoms with Crippen LogP contribution in [0.3, 0.4) is 0 Å². The number of aliphatic carboxylic acids is 1. The molecule has 0 atom stereocenters. The maximum absolute atomic E-state index is 12.6. The third kappa shape index (κ3) is 5.11. The molecule has 140 valence electrons. The van der Waals surface area contributed by atoms with Crippen LogP contribution in [0, 0.1) is 6.92 Å². The molecule has 0 spiro atoms. The minimum Gasteiger partial charge on any atom is -0.481 e. The van der Waals surface area contributed by atoms with Crippen molar-refractivity contribution >= 4 is 29.3 Å². The van der Waals surface area contributed by atoms with E-state index in [1.165, 1.54) is 11.8 Å². The van der Waals surface area contributed by atoms with Crippen LogP contribution < -0.4 is 5.32 Å². The number of carboxylic acids is 1. The van der Waals surface area contributed by atoms with Gasteiger partial charge in [-0.2, -0.15) is 5.10 Å². The summed E-state index contributed by atoms with van der Waals surface area (Å²) in [6, 6.07) is 7.76. The van der Waals surface area contributed by atoms with Gasteiger partial charge in [0.05, 0.1) is 23.6 Å². The van der Waals surface area contributed by atoms with Gasteiger partial charge in [-0.05, 0) is 37.5 Å². The van der Waals surface area contributed by atoms with Gasteiger partial charge in [-0.3, -0.25) is 14.3 Å². The van der Waals surface area contributed by atoms with Gasteiger partial charge in [0.2, 0.25) is 0 Å². The van der Waals surface area contributed by atoms with Gasteiger partial charge in [-0.15, -0.1) is 11.8 Å². The quantitative estimate of drug-likeness (QED) is 0.689. The molecule has 0 aliphatic heterocycles. The predicted molar refractivity (Wildman–Crippen MR) is 105 cm³/mol. The minimum absolute atomic E-state index is 0.0605. The number of amides is 1. The van der Waals surface area contributed by atoms with Crippen LogP contribution in [0.5, 0.6) is 0 Å². The molecule has 2 aromatic rings. The van der Waals surface area contributed by atoms with Gasteiger partial charge in [-0.1, -0.05) is 26.0 Å². The van der Waals surface area contributed by atoms with Crippen molar-refractivity contribution in [3.63, 3.8) is 0 Å². The zero-order chi connectivity index (χ0) is 19.1.